The summed E-state index contributed by atoms with van der Waals surface area (Å²) in [5.74, 6) is 1.27. The van der Waals surface area contributed by atoms with Gasteiger partial charge >= 0.3 is 0 Å². The van der Waals surface area contributed by atoms with Gasteiger partial charge in [-0.2, -0.15) is 0 Å². The number of aromatic nitrogens is 2. The Morgan fingerprint density at radius 3 is 2.61 bits per heavy atom. The van der Waals surface area contributed by atoms with Crippen molar-refractivity contribution in [2.75, 3.05) is 0 Å². The number of fused-ring (bicyclic) bond motifs is 3. The molecule has 0 saturated heterocycles. The van der Waals surface area contributed by atoms with Gasteiger partial charge in [0, 0.05) is 16.9 Å². The highest BCUT2D eigenvalue weighted by Crippen LogP contribution is 2.42. The number of carbonyl (C=O) groups excluding carboxylic acids is 1. The first-order valence-corrected chi connectivity index (χ1v) is 12.1. The number of ketones is 1. The molecular formula is C26H32N2O2S. The number of Topliss-reactive ketones (excluding diaryl/α,β-unsaturated/α-hetero) is 1. The fourth-order valence-electron chi connectivity index (χ4n) is 4.62. The minimum atomic E-state index is -0.0502. The quantitative estimate of drug-likeness (QED) is 0.495. The molecule has 1 aliphatic carbocycles. The van der Waals surface area contributed by atoms with Crippen molar-refractivity contribution in [3.63, 3.8) is 0 Å². The topological polar surface area (TPSA) is 52.0 Å². The predicted octanol–water partition coefficient (Wildman–Crippen LogP) is 5.67. The molecule has 0 fully saturated rings. The fourth-order valence-corrected chi connectivity index (χ4v) is 5.93. The average molecular weight is 437 g/mol. The Morgan fingerprint density at radius 2 is 1.97 bits per heavy atom. The second kappa shape index (κ2) is 8.01. The normalized spacial score (nSPS) is 16.5. The highest BCUT2D eigenvalue weighted by Gasteiger charge is 2.32. The third-order valence-electron chi connectivity index (χ3n) is 6.92. The van der Waals surface area contributed by atoms with Gasteiger partial charge in [-0.15, -0.1) is 11.3 Å². The van der Waals surface area contributed by atoms with E-state index in [4.69, 9.17) is 4.98 Å². The van der Waals surface area contributed by atoms with Crippen LogP contribution in [0.1, 0.15) is 71.9 Å². The van der Waals surface area contributed by atoms with Crippen molar-refractivity contribution in [2.45, 2.75) is 73.8 Å². The number of thiophene rings is 1. The summed E-state index contributed by atoms with van der Waals surface area (Å²) in [6, 6.07) is 5.74. The van der Waals surface area contributed by atoms with Crippen molar-refractivity contribution in [3.8, 4) is 0 Å². The summed E-state index contributed by atoms with van der Waals surface area (Å²) in [5, 5.41) is 0.748. The maximum Gasteiger partial charge on any atom is 0.262 e. The lowest BCUT2D eigenvalue weighted by Gasteiger charge is -2.33. The van der Waals surface area contributed by atoms with E-state index in [1.54, 1.807) is 15.9 Å². The van der Waals surface area contributed by atoms with Gasteiger partial charge in [0.1, 0.15) is 10.7 Å². The number of aryl methyl sites for hydroxylation is 4. The van der Waals surface area contributed by atoms with Gasteiger partial charge < -0.3 is 0 Å². The Bertz CT molecular complexity index is 1230. The van der Waals surface area contributed by atoms with Crippen molar-refractivity contribution >= 4 is 27.3 Å². The minimum Gasteiger partial charge on any atom is -0.292 e. The van der Waals surface area contributed by atoms with Crippen LogP contribution < -0.4 is 5.56 Å². The molecule has 0 radical (unpaired) electrons. The van der Waals surface area contributed by atoms with Crippen molar-refractivity contribution in [3.05, 3.63) is 61.5 Å². The van der Waals surface area contributed by atoms with Crippen molar-refractivity contribution in [2.24, 2.45) is 11.3 Å². The molecule has 164 valence electrons. The summed E-state index contributed by atoms with van der Waals surface area (Å²) < 4.78 is 1.61. The average Bonchev–Trinajstić information content (AvgIpc) is 3.08. The van der Waals surface area contributed by atoms with Gasteiger partial charge in [0.25, 0.3) is 5.56 Å². The lowest BCUT2D eigenvalue weighted by Crippen LogP contribution is -2.30. The molecule has 1 unspecified atom stereocenters. The molecular weight excluding hydrogens is 404 g/mol. The Labute approximate surface area is 188 Å². The van der Waals surface area contributed by atoms with Crippen LogP contribution in [-0.2, 0) is 25.8 Å². The summed E-state index contributed by atoms with van der Waals surface area (Å²) in [6.07, 6.45) is 3.66. The number of hydrogen-bond acceptors (Lipinski definition) is 4. The standard InChI is InChI=1S/C26H32N2O2S/c1-7-22-27-24-23(19-11-10-18(26(4,5)6)13-21(19)31-24)25(30)28(22)14-20(29)17-9-8-15(2)16(3)12-17/h8-9,12,18H,7,10-11,13-14H2,1-6H3. The molecule has 0 spiro atoms. The molecule has 1 aliphatic rings. The van der Waals surface area contributed by atoms with E-state index in [1.165, 1.54) is 10.4 Å². The van der Waals surface area contributed by atoms with E-state index in [-0.39, 0.29) is 23.3 Å². The minimum absolute atomic E-state index is 0.0436. The molecule has 4 rings (SSSR count). The Balaban J connectivity index is 1.76. The number of carbonyl (C=O) groups is 1. The Morgan fingerprint density at radius 1 is 1.23 bits per heavy atom. The molecule has 0 aliphatic heterocycles. The van der Waals surface area contributed by atoms with E-state index in [1.807, 2.05) is 39.0 Å². The Kier molecular flexibility index (Phi) is 5.67. The van der Waals surface area contributed by atoms with Crippen LogP contribution in [0.3, 0.4) is 0 Å². The first-order chi connectivity index (χ1) is 14.6. The van der Waals surface area contributed by atoms with Crippen LogP contribution in [0.25, 0.3) is 10.2 Å². The molecule has 0 saturated carbocycles. The molecule has 4 nitrogen and oxygen atoms in total. The zero-order chi connectivity index (χ0) is 22.5. The lowest BCUT2D eigenvalue weighted by molar-refractivity contribution is 0.0969. The Hall–Kier alpha value is -2.27. The van der Waals surface area contributed by atoms with Gasteiger partial charge in [-0.05, 0) is 67.2 Å². The summed E-state index contributed by atoms with van der Waals surface area (Å²) in [6.45, 7) is 13.0. The van der Waals surface area contributed by atoms with E-state index >= 15 is 0 Å². The first kappa shape index (κ1) is 21.9. The van der Waals surface area contributed by atoms with Crippen LogP contribution in [0.5, 0.6) is 0 Å². The van der Waals surface area contributed by atoms with Crippen molar-refractivity contribution < 1.29 is 4.79 Å². The summed E-state index contributed by atoms with van der Waals surface area (Å²) >= 11 is 1.68. The lowest BCUT2D eigenvalue weighted by atomic mass is 9.72. The molecule has 2 heterocycles. The van der Waals surface area contributed by atoms with E-state index in [2.05, 4.69) is 20.8 Å². The van der Waals surface area contributed by atoms with Crippen LogP contribution >= 0.6 is 11.3 Å². The largest absolute Gasteiger partial charge is 0.292 e. The maximum atomic E-state index is 13.6. The maximum absolute atomic E-state index is 13.6. The number of nitrogens with zero attached hydrogens (tertiary/aromatic N) is 2. The molecule has 5 heteroatoms. The van der Waals surface area contributed by atoms with E-state index < -0.39 is 0 Å². The molecule has 0 N–H and O–H groups in total. The molecule has 0 amide bonds. The van der Waals surface area contributed by atoms with E-state index in [0.717, 1.165) is 40.6 Å². The summed E-state index contributed by atoms with van der Waals surface area (Å²) in [7, 11) is 0. The van der Waals surface area contributed by atoms with Crippen molar-refractivity contribution in [1.29, 1.82) is 0 Å². The molecule has 3 aromatic rings. The smallest absolute Gasteiger partial charge is 0.262 e. The van der Waals surface area contributed by atoms with Gasteiger partial charge in [0.05, 0.1) is 11.9 Å². The zero-order valence-corrected chi connectivity index (χ0v) is 20.3. The number of hydrogen-bond donors (Lipinski definition) is 0. The highest BCUT2D eigenvalue weighted by atomic mass is 32.1. The molecule has 0 bridgehead atoms. The van der Waals surface area contributed by atoms with Gasteiger partial charge in [-0.1, -0.05) is 39.8 Å². The third-order valence-corrected chi connectivity index (χ3v) is 8.07. The fraction of sp³-hybridized carbons (Fsp3) is 0.500. The van der Waals surface area contributed by atoms with Crippen LogP contribution in [0, 0.1) is 25.2 Å². The van der Waals surface area contributed by atoms with Gasteiger partial charge in [0.15, 0.2) is 5.78 Å². The van der Waals surface area contributed by atoms with Crippen LogP contribution in [0.2, 0.25) is 0 Å². The number of rotatable bonds is 4. The SMILES string of the molecule is CCc1nc2sc3c(c2c(=O)n1CC(=O)c1ccc(C)c(C)c1)CCC(C(C)(C)C)C3. The second-order valence-corrected chi connectivity index (χ2v) is 11.1. The van der Waals surface area contributed by atoms with Gasteiger partial charge in [-0.3, -0.25) is 14.2 Å². The summed E-state index contributed by atoms with van der Waals surface area (Å²) in [5.41, 5.74) is 4.28. The molecule has 2 aromatic heterocycles. The van der Waals surface area contributed by atoms with Gasteiger partial charge in [0.2, 0.25) is 0 Å². The second-order valence-electron chi connectivity index (χ2n) is 9.98. The van der Waals surface area contributed by atoms with E-state index in [0.29, 0.717) is 23.7 Å². The van der Waals surface area contributed by atoms with Crippen molar-refractivity contribution in [1.82, 2.24) is 9.55 Å². The number of benzene rings is 1. The van der Waals surface area contributed by atoms with Gasteiger partial charge in [-0.25, -0.2) is 4.98 Å². The molecule has 1 aromatic carbocycles. The molecule has 1 atom stereocenters. The zero-order valence-electron chi connectivity index (χ0n) is 19.5. The highest BCUT2D eigenvalue weighted by molar-refractivity contribution is 7.18. The summed E-state index contributed by atoms with van der Waals surface area (Å²) in [4.78, 5) is 33.6. The predicted molar refractivity (Wildman–Crippen MR) is 128 cm³/mol. The molecule has 31 heavy (non-hydrogen) atoms. The van der Waals surface area contributed by atoms with Crippen LogP contribution in [0.15, 0.2) is 23.0 Å². The monoisotopic (exact) mass is 436 g/mol. The van der Waals surface area contributed by atoms with E-state index in [9.17, 15) is 9.59 Å². The van der Waals surface area contributed by atoms with Crippen LogP contribution in [0.4, 0.5) is 0 Å². The van der Waals surface area contributed by atoms with Crippen LogP contribution in [-0.4, -0.2) is 15.3 Å². The third kappa shape index (κ3) is 4.00. The first-order valence-electron chi connectivity index (χ1n) is 11.2.